The van der Waals surface area contributed by atoms with Gasteiger partial charge in [-0.15, -0.1) is 0 Å². The van der Waals surface area contributed by atoms with Gasteiger partial charge in [-0.05, 0) is 53.2 Å². The van der Waals surface area contributed by atoms with E-state index in [2.05, 4.69) is 10.3 Å². The van der Waals surface area contributed by atoms with Gasteiger partial charge in [-0.2, -0.15) is 0 Å². The molecule has 0 radical (unpaired) electrons. The van der Waals surface area contributed by atoms with Crippen LogP contribution in [0.15, 0.2) is 83.3 Å². The van der Waals surface area contributed by atoms with E-state index < -0.39 is 0 Å². The number of aromatic nitrogens is 1. The molecule has 0 unspecified atom stereocenters. The lowest BCUT2D eigenvalue weighted by Crippen LogP contribution is -2.13. The summed E-state index contributed by atoms with van der Waals surface area (Å²) < 4.78 is 11.3. The number of nitrogens with zero attached hydrogens (tertiary/aromatic N) is 1. The molecule has 5 rings (SSSR count). The molecule has 0 aliphatic carbocycles. The Labute approximate surface area is 183 Å². The molecule has 0 saturated heterocycles. The number of rotatable bonds is 4. The zero-order chi connectivity index (χ0) is 21.4. The van der Waals surface area contributed by atoms with Gasteiger partial charge in [-0.25, -0.2) is 4.98 Å². The van der Waals surface area contributed by atoms with Crippen LogP contribution in [0.5, 0.6) is 5.75 Å². The molecule has 0 aliphatic rings. The number of ether oxygens (including phenoxy) is 1. The van der Waals surface area contributed by atoms with Crippen molar-refractivity contribution in [3.8, 4) is 17.2 Å². The van der Waals surface area contributed by atoms with E-state index in [4.69, 9.17) is 20.8 Å². The first-order valence-corrected chi connectivity index (χ1v) is 10.0. The van der Waals surface area contributed by atoms with Crippen molar-refractivity contribution in [2.75, 3.05) is 12.4 Å². The Balaban J connectivity index is 1.50. The first kappa shape index (κ1) is 19.2. The molecule has 1 aromatic heterocycles. The number of benzene rings is 4. The van der Waals surface area contributed by atoms with Gasteiger partial charge in [-0.3, -0.25) is 4.79 Å². The molecule has 31 heavy (non-hydrogen) atoms. The summed E-state index contributed by atoms with van der Waals surface area (Å²) in [5, 5.41) is 5.24. The Kier molecular flexibility index (Phi) is 4.81. The molecule has 0 spiro atoms. The predicted octanol–water partition coefficient (Wildman–Crippen LogP) is 6.56. The van der Waals surface area contributed by atoms with Crippen molar-refractivity contribution in [2.45, 2.75) is 0 Å². The summed E-state index contributed by atoms with van der Waals surface area (Å²) in [6, 6.07) is 24.2. The van der Waals surface area contributed by atoms with Gasteiger partial charge in [0, 0.05) is 5.56 Å². The second-order valence-electron chi connectivity index (χ2n) is 7.04. The average Bonchev–Trinajstić information content (AvgIpc) is 3.24. The molecule has 0 atom stereocenters. The smallest absolute Gasteiger partial charge is 0.259 e. The van der Waals surface area contributed by atoms with Gasteiger partial charge in [0.15, 0.2) is 5.58 Å². The fraction of sp³-hybridized carbons (Fsp3) is 0.0400. The molecule has 1 N–H and O–H groups in total. The maximum Gasteiger partial charge on any atom is 0.259 e. The lowest BCUT2D eigenvalue weighted by molar-refractivity contribution is 0.102. The van der Waals surface area contributed by atoms with Gasteiger partial charge in [0.1, 0.15) is 11.3 Å². The summed E-state index contributed by atoms with van der Waals surface area (Å²) >= 11 is 6.37. The van der Waals surface area contributed by atoms with Crippen LogP contribution >= 0.6 is 11.6 Å². The van der Waals surface area contributed by atoms with Crippen LogP contribution in [0.3, 0.4) is 0 Å². The van der Waals surface area contributed by atoms with Crippen molar-refractivity contribution in [1.82, 2.24) is 4.98 Å². The van der Waals surface area contributed by atoms with Gasteiger partial charge in [0.25, 0.3) is 5.91 Å². The second-order valence-corrected chi connectivity index (χ2v) is 7.44. The Morgan fingerprint density at radius 2 is 1.71 bits per heavy atom. The maximum absolute atomic E-state index is 13.1. The first-order chi connectivity index (χ1) is 15.1. The van der Waals surface area contributed by atoms with Crippen LogP contribution in [0.4, 0.5) is 5.69 Å². The number of hydrogen-bond acceptors (Lipinski definition) is 4. The summed E-state index contributed by atoms with van der Waals surface area (Å²) in [7, 11) is 1.54. The number of methoxy groups -OCH3 is 1. The topological polar surface area (TPSA) is 64.4 Å². The van der Waals surface area contributed by atoms with Crippen molar-refractivity contribution in [2.24, 2.45) is 0 Å². The van der Waals surface area contributed by atoms with Gasteiger partial charge < -0.3 is 14.5 Å². The minimum Gasteiger partial charge on any atom is -0.496 e. The van der Waals surface area contributed by atoms with Crippen LogP contribution in [-0.2, 0) is 0 Å². The molecule has 6 heteroatoms. The third kappa shape index (κ3) is 3.60. The highest BCUT2D eigenvalue weighted by molar-refractivity contribution is 6.34. The van der Waals surface area contributed by atoms with E-state index in [0.29, 0.717) is 39.1 Å². The summed E-state index contributed by atoms with van der Waals surface area (Å²) in [4.78, 5) is 17.6. The molecular formula is C25H17ClN2O3. The zero-order valence-electron chi connectivity index (χ0n) is 16.6. The molecule has 0 fully saturated rings. The molecule has 1 amide bonds. The molecule has 0 bridgehead atoms. The molecule has 5 nitrogen and oxygen atoms in total. The minimum absolute atomic E-state index is 0.320. The van der Waals surface area contributed by atoms with E-state index in [1.54, 1.807) is 25.3 Å². The molecule has 5 aromatic rings. The van der Waals surface area contributed by atoms with E-state index in [1.807, 2.05) is 60.7 Å². The molecule has 1 heterocycles. The van der Waals surface area contributed by atoms with Crippen LogP contribution < -0.4 is 10.1 Å². The molecular weight excluding hydrogens is 412 g/mol. The van der Waals surface area contributed by atoms with Crippen molar-refractivity contribution < 1.29 is 13.9 Å². The quantitative estimate of drug-likeness (QED) is 0.352. The van der Waals surface area contributed by atoms with Crippen LogP contribution in [0.1, 0.15) is 10.4 Å². The van der Waals surface area contributed by atoms with E-state index in [1.165, 1.54) is 0 Å². The van der Waals surface area contributed by atoms with Crippen molar-refractivity contribution in [1.29, 1.82) is 0 Å². The van der Waals surface area contributed by atoms with Gasteiger partial charge in [0.2, 0.25) is 5.89 Å². The lowest BCUT2D eigenvalue weighted by Gasteiger charge is -2.12. The number of oxazole rings is 1. The zero-order valence-corrected chi connectivity index (χ0v) is 17.3. The van der Waals surface area contributed by atoms with E-state index in [0.717, 1.165) is 16.3 Å². The van der Waals surface area contributed by atoms with Gasteiger partial charge in [0.05, 0.1) is 23.4 Å². The Bertz CT molecular complexity index is 1410. The number of halogens is 1. The van der Waals surface area contributed by atoms with E-state index in [-0.39, 0.29) is 5.91 Å². The summed E-state index contributed by atoms with van der Waals surface area (Å²) in [6.07, 6.45) is 0. The number of hydrogen-bond donors (Lipinski definition) is 1. The van der Waals surface area contributed by atoms with Crippen molar-refractivity contribution in [3.63, 3.8) is 0 Å². The number of para-hydroxylation sites is 2. The Morgan fingerprint density at radius 1 is 0.968 bits per heavy atom. The van der Waals surface area contributed by atoms with Crippen LogP contribution in [0, 0.1) is 0 Å². The minimum atomic E-state index is -0.320. The summed E-state index contributed by atoms with van der Waals surface area (Å²) in [5.74, 6) is 0.623. The summed E-state index contributed by atoms with van der Waals surface area (Å²) in [5.41, 5.74) is 3.05. The molecule has 4 aromatic carbocycles. The number of anilines is 1. The molecule has 0 aliphatic heterocycles. The Morgan fingerprint density at radius 3 is 2.48 bits per heavy atom. The second kappa shape index (κ2) is 7.78. The average molecular weight is 429 g/mol. The summed E-state index contributed by atoms with van der Waals surface area (Å²) in [6.45, 7) is 0. The number of fused-ring (bicyclic) bond motifs is 2. The van der Waals surface area contributed by atoms with Crippen LogP contribution in [0.25, 0.3) is 33.3 Å². The fourth-order valence-electron chi connectivity index (χ4n) is 3.51. The Hall–Kier alpha value is -3.83. The van der Waals surface area contributed by atoms with Crippen LogP contribution in [-0.4, -0.2) is 18.0 Å². The third-order valence-electron chi connectivity index (χ3n) is 5.07. The van der Waals surface area contributed by atoms with Gasteiger partial charge >= 0.3 is 0 Å². The highest BCUT2D eigenvalue weighted by Gasteiger charge is 2.17. The number of carbonyl (C=O) groups excluding carboxylic acids is 1. The van der Waals surface area contributed by atoms with Crippen molar-refractivity contribution >= 4 is 45.1 Å². The van der Waals surface area contributed by atoms with E-state index in [9.17, 15) is 4.79 Å². The SMILES string of the molecule is COc1cc2ccccc2cc1C(=O)Nc1cc(-c2nc3ccccc3o2)ccc1Cl. The maximum atomic E-state index is 13.1. The normalized spacial score (nSPS) is 11.0. The lowest BCUT2D eigenvalue weighted by atomic mass is 10.1. The van der Waals surface area contributed by atoms with Gasteiger partial charge in [-0.1, -0.05) is 48.0 Å². The number of nitrogens with one attached hydrogen (secondary N) is 1. The van der Waals surface area contributed by atoms with Crippen molar-refractivity contribution in [3.05, 3.63) is 89.4 Å². The predicted molar refractivity (Wildman–Crippen MR) is 123 cm³/mol. The number of carbonyl (C=O) groups is 1. The first-order valence-electron chi connectivity index (χ1n) is 9.66. The number of amides is 1. The monoisotopic (exact) mass is 428 g/mol. The highest BCUT2D eigenvalue weighted by Crippen LogP contribution is 2.32. The highest BCUT2D eigenvalue weighted by atomic mass is 35.5. The fourth-order valence-corrected chi connectivity index (χ4v) is 3.67. The largest absolute Gasteiger partial charge is 0.496 e. The molecule has 0 saturated carbocycles. The van der Waals surface area contributed by atoms with Crippen LogP contribution in [0.2, 0.25) is 5.02 Å². The standard InChI is InChI=1S/C25H17ClN2O3/c1-30-23-14-16-7-3-2-6-15(16)12-18(23)24(29)27-21-13-17(10-11-19(21)26)25-28-20-8-4-5-9-22(20)31-25/h2-14H,1H3,(H,27,29). The van der Waals surface area contributed by atoms with E-state index >= 15 is 0 Å². The third-order valence-corrected chi connectivity index (χ3v) is 5.40. The molecule has 152 valence electrons.